The van der Waals surface area contributed by atoms with Gasteiger partial charge in [0.05, 0.1) is 0 Å². The van der Waals surface area contributed by atoms with Gasteiger partial charge in [0.15, 0.2) is 5.96 Å². The number of ether oxygens (including phenoxy) is 1. The average Bonchev–Trinajstić information content (AvgIpc) is 2.49. The van der Waals surface area contributed by atoms with Crippen LogP contribution in [0, 0.1) is 0 Å². The number of alkyl halides is 3. The molecule has 2 aromatic rings. The second kappa shape index (κ2) is 7.53. The number of aliphatic imine (C=N–C) groups is 1. The molecule has 0 fully saturated rings. The monoisotopic (exact) mass is 323 g/mol. The zero-order valence-corrected chi connectivity index (χ0v) is 12.2. The van der Waals surface area contributed by atoms with E-state index in [0.29, 0.717) is 12.2 Å². The van der Waals surface area contributed by atoms with Gasteiger partial charge in [-0.25, -0.2) is 0 Å². The maximum absolute atomic E-state index is 12.1. The van der Waals surface area contributed by atoms with Crippen LogP contribution in [0.15, 0.2) is 59.6 Å². The molecule has 0 amide bonds. The van der Waals surface area contributed by atoms with Crippen LogP contribution in [-0.4, -0.2) is 18.9 Å². The number of halogens is 3. The number of hydrogen-bond donors (Lipinski definition) is 2. The largest absolute Gasteiger partial charge is 0.573 e. The fourth-order valence-electron chi connectivity index (χ4n) is 1.88. The average molecular weight is 323 g/mol. The predicted molar refractivity (Wildman–Crippen MR) is 83.4 cm³/mol. The summed E-state index contributed by atoms with van der Waals surface area (Å²) in [4.78, 5) is 4.17. The molecule has 0 spiro atoms. The smallest absolute Gasteiger partial charge is 0.406 e. The van der Waals surface area contributed by atoms with Gasteiger partial charge in [0.1, 0.15) is 5.75 Å². The summed E-state index contributed by atoms with van der Waals surface area (Å²) < 4.78 is 39.9. The zero-order chi connectivity index (χ0) is 16.7. The van der Waals surface area contributed by atoms with E-state index in [0.717, 1.165) is 12.0 Å². The van der Waals surface area contributed by atoms with Crippen LogP contribution in [0.1, 0.15) is 5.56 Å². The van der Waals surface area contributed by atoms with E-state index in [9.17, 15) is 13.2 Å². The fourth-order valence-corrected chi connectivity index (χ4v) is 1.88. The quantitative estimate of drug-likeness (QED) is 0.653. The van der Waals surface area contributed by atoms with Crippen LogP contribution < -0.4 is 15.8 Å². The first-order chi connectivity index (χ1) is 10.9. The van der Waals surface area contributed by atoms with Gasteiger partial charge in [0.2, 0.25) is 0 Å². The lowest BCUT2D eigenvalue weighted by Crippen LogP contribution is -2.23. The number of rotatable bonds is 5. The molecule has 0 bridgehead atoms. The van der Waals surface area contributed by atoms with Crippen LogP contribution in [0.4, 0.5) is 18.9 Å². The van der Waals surface area contributed by atoms with Crippen molar-refractivity contribution in [1.29, 1.82) is 0 Å². The molecule has 0 heterocycles. The lowest BCUT2D eigenvalue weighted by Gasteiger charge is -2.10. The van der Waals surface area contributed by atoms with Crippen molar-refractivity contribution < 1.29 is 17.9 Å². The number of anilines is 1. The molecule has 2 rings (SSSR count). The Morgan fingerprint density at radius 1 is 1.04 bits per heavy atom. The van der Waals surface area contributed by atoms with Crippen molar-refractivity contribution in [3.63, 3.8) is 0 Å². The summed E-state index contributed by atoms with van der Waals surface area (Å²) in [5.74, 6) is -0.0898. The second-order valence-corrected chi connectivity index (χ2v) is 4.70. The van der Waals surface area contributed by atoms with Crippen molar-refractivity contribution >= 4 is 11.6 Å². The normalized spacial score (nSPS) is 12.0. The molecule has 0 saturated heterocycles. The maximum atomic E-state index is 12.1. The highest BCUT2D eigenvalue weighted by Gasteiger charge is 2.30. The molecule has 23 heavy (non-hydrogen) atoms. The van der Waals surface area contributed by atoms with Crippen molar-refractivity contribution in [2.75, 3.05) is 11.9 Å². The van der Waals surface area contributed by atoms with Gasteiger partial charge in [-0.2, -0.15) is 0 Å². The standard InChI is InChI=1S/C16H16F3N3O/c17-16(18,19)23-14-8-6-13(7-9-14)22-15(20)21-11-10-12-4-2-1-3-5-12/h1-9H,10-11H2,(H3,20,21,22). The minimum atomic E-state index is -4.70. The second-order valence-electron chi connectivity index (χ2n) is 4.70. The first kappa shape index (κ1) is 16.7. The van der Waals surface area contributed by atoms with Gasteiger partial charge in [0, 0.05) is 12.2 Å². The number of nitrogens with one attached hydrogen (secondary N) is 1. The number of guanidine groups is 1. The van der Waals surface area contributed by atoms with E-state index in [1.165, 1.54) is 24.3 Å². The van der Waals surface area contributed by atoms with Crippen LogP contribution in [0.2, 0.25) is 0 Å². The van der Waals surface area contributed by atoms with Crippen LogP contribution in [-0.2, 0) is 6.42 Å². The topological polar surface area (TPSA) is 59.6 Å². The molecule has 0 unspecified atom stereocenters. The highest BCUT2D eigenvalue weighted by Crippen LogP contribution is 2.23. The van der Waals surface area contributed by atoms with E-state index >= 15 is 0 Å². The van der Waals surface area contributed by atoms with Crippen molar-refractivity contribution in [1.82, 2.24) is 0 Å². The SMILES string of the molecule is NC(=NCCc1ccccc1)Nc1ccc(OC(F)(F)F)cc1. The molecular weight excluding hydrogens is 307 g/mol. The van der Waals surface area contributed by atoms with Gasteiger partial charge in [-0.05, 0) is 36.2 Å². The molecule has 0 aliphatic carbocycles. The Morgan fingerprint density at radius 2 is 1.70 bits per heavy atom. The molecule has 0 radical (unpaired) electrons. The summed E-state index contributed by atoms with van der Waals surface area (Å²) in [5.41, 5.74) is 7.42. The number of hydrogen-bond acceptors (Lipinski definition) is 2. The van der Waals surface area contributed by atoms with E-state index < -0.39 is 6.36 Å². The van der Waals surface area contributed by atoms with Gasteiger partial charge in [0.25, 0.3) is 0 Å². The summed E-state index contributed by atoms with van der Waals surface area (Å²) in [6.07, 6.45) is -3.95. The first-order valence-electron chi connectivity index (χ1n) is 6.89. The third kappa shape index (κ3) is 6.29. The van der Waals surface area contributed by atoms with Gasteiger partial charge < -0.3 is 15.8 Å². The van der Waals surface area contributed by atoms with Crippen molar-refractivity contribution in [3.8, 4) is 5.75 Å². The highest BCUT2D eigenvalue weighted by molar-refractivity contribution is 5.92. The molecule has 7 heteroatoms. The van der Waals surface area contributed by atoms with Gasteiger partial charge in [-0.1, -0.05) is 30.3 Å². The lowest BCUT2D eigenvalue weighted by atomic mass is 10.2. The minimum absolute atomic E-state index is 0.199. The van der Waals surface area contributed by atoms with Crippen molar-refractivity contribution in [3.05, 3.63) is 60.2 Å². The number of nitrogens with two attached hydrogens (primary N) is 1. The first-order valence-corrected chi connectivity index (χ1v) is 6.89. The van der Waals surface area contributed by atoms with Crippen LogP contribution in [0.5, 0.6) is 5.75 Å². The Hall–Kier alpha value is -2.70. The van der Waals surface area contributed by atoms with E-state index in [-0.39, 0.29) is 11.7 Å². The Kier molecular flexibility index (Phi) is 5.46. The summed E-state index contributed by atoms with van der Waals surface area (Å²) >= 11 is 0. The summed E-state index contributed by atoms with van der Waals surface area (Å²) in [7, 11) is 0. The summed E-state index contributed by atoms with van der Waals surface area (Å²) in [5, 5.41) is 2.81. The Morgan fingerprint density at radius 3 is 2.30 bits per heavy atom. The summed E-state index contributed by atoms with van der Waals surface area (Å²) in [6, 6.07) is 15.1. The predicted octanol–water partition coefficient (Wildman–Crippen LogP) is 3.55. The molecule has 0 atom stereocenters. The van der Waals surface area contributed by atoms with Gasteiger partial charge in [-0.3, -0.25) is 4.99 Å². The van der Waals surface area contributed by atoms with Crippen molar-refractivity contribution in [2.45, 2.75) is 12.8 Å². The van der Waals surface area contributed by atoms with Crippen molar-refractivity contribution in [2.24, 2.45) is 10.7 Å². The Labute approximate surface area is 131 Å². The van der Waals surface area contributed by atoms with Gasteiger partial charge in [-0.15, -0.1) is 13.2 Å². The highest BCUT2D eigenvalue weighted by atomic mass is 19.4. The van der Waals surface area contributed by atoms with E-state index in [2.05, 4.69) is 15.0 Å². The third-order valence-corrected chi connectivity index (χ3v) is 2.89. The zero-order valence-electron chi connectivity index (χ0n) is 12.2. The molecular formula is C16H16F3N3O. The molecule has 0 saturated carbocycles. The van der Waals surface area contributed by atoms with Crippen LogP contribution >= 0.6 is 0 Å². The fraction of sp³-hybridized carbons (Fsp3) is 0.188. The van der Waals surface area contributed by atoms with E-state index in [1.807, 2.05) is 30.3 Å². The molecule has 0 aromatic heterocycles. The molecule has 3 N–H and O–H groups in total. The molecule has 0 aliphatic rings. The van der Waals surface area contributed by atoms with Crippen LogP contribution in [0.3, 0.4) is 0 Å². The molecule has 122 valence electrons. The van der Waals surface area contributed by atoms with E-state index in [1.54, 1.807) is 0 Å². The summed E-state index contributed by atoms with van der Waals surface area (Å²) in [6.45, 7) is 0.512. The molecule has 4 nitrogen and oxygen atoms in total. The minimum Gasteiger partial charge on any atom is -0.406 e. The number of nitrogens with zero attached hydrogens (tertiary/aromatic N) is 1. The molecule has 0 aliphatic heterocycles. The van der Waals surface area contributed by atoms with E-state index in [4.69, 9.17) is 5.73 Å². The Bertz CT molecular complexity index is 640. The number of benzene rings is 2. The van der Waals surface area contributed by atoms with Crippen LogP contribution in [0.25, 0.3) is 0 Å². The van der Waals surface area contributed by atoms with Gasteiger partial charge >= 0.3 is 6.36 Å². The molecule has 2 aromatic carbocycles. The third-order valence-electron chi connectivity index (χ3n) is 2.89. The maximum Gasteiger partial charge on any atom is 0.573 e. The lowest BCUT2D eigenvalue weighted by molar-refractivity contribution is -0.274. The Balaban J connectivity index is 1.84.